The first-order chi connectivity index (χ1) is 10.3. The maximum Gasteiger partial charge on any atom is 0.303 e. The van der Waals surface area contributed by atoms with Crippen LogP contribution in [0, 0.1) is 6.92 Å². The number of rotatable bonds is 6. The van der Waals surface area contributed by atoms with E-state index in [9.17, 15) is 18.3 Å². The average Bonchev–Trinajstić information content (AvgIpc) is 2.95. The second-order valence-electron chi connectivity index (χ2n) is 5.04. The quantitative estimate of drug-likeness (QED) is 0.846. The molecule has 1 atom stereocenters. The second kappa shape index (κ2) is 6.33. The van der Waals surface area contributed by atoms with Gasteiger partial charge in [-0.25, -0.2) is 12.4 Å². The Labute approximate surface area is 128 Å². The van der Waals surface area contributed by atoms with Gasteiger partial charge in [0.2, 0.25) is 0 Å². The van der Waals surface area contributed by atoms with Gasteiger partial charge in [0.05, 0.1) is 11.0 Å². The number of carbonyl (C=O) groups is 1. The molecule has 0 spiro atoms. The van der Waals surface area contributed by atoms with E-state index < -0.39 is 22.1 Å². The van der Waals surface area contributed by atoms with Crippen LogP contribution in [0.15, 0.2) is 47.6 Å². The monoisotopic (exact) mass is 323 g/mol. The lowest BCUT2D eigenvalue weighted by Gasteiger charge is -2.08. The van der Waals surface area contributed by atoms with Crippen LogP contribution in [0.4, 0.5) is 0 Å². The molecular formula is C15H17NO5S. The zero-order chi connectivity index (χ0) is 16.3. The maximum atomic E-state index is 12.4. The first-order valence-corrected chi connectivity index (χ1v) is 8.14. The van der Waals surface area contributed by atoms with Crippen molar-refractivity contribution in [2.45, 2.75) is 30.8 Å². The van der Waals surface area contributed by atoms with Gasteiger partial charge in [-0.05, 0) is 37.1 Å². The molecule has 0 fully saturated rings. The normalized spacial score (nSPS) is 13.0. The van der Waals surface area contributed by atoms with Gasteiger partial charge in [-0.3, -0.25) is 4.79 Å². The molecule has 1 aromatic heterocycles. The third-order valence-electron chi connectivity index (χ3n) is 3.30. The van der Waals surface area contributed by atoms with Crippen molar-refractivity contribution in [3.05, 3.63) is 53.9 Å². The van der Waals surface area contributed by atoms with Crippen molar-refractivity contribution in [1.29, 1.82) is 0 Å². The Kier molecular flexibility index (Phi) is 4.68. The zero-order valence-electron chi connectivity index (χ0n) is 12.0. The van der Waals surface area contributed by atoms with Crippen molar-refractivity contribution in [3.63, 3.8) is 0 Å². The van der Waals surface area contributed by atoms with Gasteiger partial charge in [0.1, 0.15) is 0 Å². The smallest absolute Gasteiger partial charge is 0.303 e. The van der Waals surface area contributed by atoms with Crippen molar-refractivity contribution in [3.8, 4) is 0 Å². The van der Waals surface area contributed by atoms with Gasteiger partial charge in [0, 0.05) is 18.8 Å². The number of benzene rings is 1. The van der Waals surface area contributed by atoms with Crippen molar-refractivity contribution >= 4 is 16.0 Å². The molecule has 0 bridgehead atoms. The van der Waals surface area contributed by atoms with E-state index in [-0.39, 0.29) is 17.7 Å². The highest BCUT2D eigenvalue weighted by atomic mass is 32.2. The van der Waals surface area contributed by atoms with E-state index in [4.69, 9.17) is 5.11 Å². The van der Waals surface area contributed by atoms with E-state index in [1.54, 1.807) is 12.1 Å². The lowest BCUT2D eigenvalue weighted by Crippen LogP contribution is -2.11. The third-order valence-corrected chi connectivity index (χ3v) is 4.95. The first-order valence-electron chi connectivity index (χ1n) is 6.70. The summed E-state index contributed by atoms with van der Waals surface area (Å²) in [6.07, 6.45) is 1.49. The van der Waals surface area contributed by atoms with Crippen LogP contribution in [0.1, 0.15) is 30.1 Å². The summed E-state index contributed by atoms with van der Waals surface area (Å²) >= 11 is 0. The van der Waals surface area contributed by atoms with Crippen molar-refractivity contribution in [1.82, 2.24) is 3.97 Å². The summed E-state index contributed by atoms with van der Waals surface area (Å²) in [6.45, 7) is 1.86. The fourth-order valence-electron chi connectivity index (χ4n) is 2.00. The minimum Gasteiger partial charge on any atom is -0.481 e. The molecule has 0 saturated carbocycles. The summed E-state index contributed by atoms with van der Waals surface area (Å²) in [7, 11) is -3.71. The Morgan fingerprint density at radius 1 is 1.23 bits per heavy atom. The van der Waals surface area contributed by atoms with Crippen LogP contribution < -0.4 is 0 Å². The van der Waals surface area contributed by atoms with E-state index in [0.717, 1.165) is 9.54 Å². The largest absolute Gasteiger partial charge is 0.481 e. The SMILES string of the molecule is Cc1ccc(S(=O)(=O)n2ccc(C(O)CCC(=O)O)c2)cc1. The van der Waals surface area contributed by atoms with Gasteiger partial charge in [0.25, 0.3) is 10.0 Å². The number of hydrogen-bond donors (Lipinski definition) is 2. The lowest BCUT2D eigenvalue weighted by molar-refractivity contribution is -0.137. The summed E-state index contributed by atoms with van der Waals surface area (Å²) in [5.74, 6) is -1.01. The second-order valence-corrected chi connectivity index (χ2v) is 6.88. The Morgan fingerprint density at radius 2 is 1.86 bits per heavy atom. The topological polar surface area (TPSA) is 96.6 Å². The fourth-order valence-corrected chi connectivity index (χ4v) is 3.20. The van der Waals surface area contributed by atoms with Crippen LogP contribution in [-0.4, -0.2) is 28.6 Å². The lowest BCUT2D eigenvalue weighted by atomic mass is 10.1. The molecule has 6 nitrogen and oxygen atoms in total. The van der Waals surface area contributed by atoms with Crippen LogP contribution in [0.3, 0.4) is 0 Å². The number of carboxylic acids is 1. The molecule has 2 rings (SSSR count). The van der Waals surface area contributed by atoms with Gasteiger partial charge in [0.15, 0.2) is 0 Å². The van der Waals surface area contributed by atoms with Gasteiger partial charge < -0.3 is 10.2 Å². The van der Waals surface area contributed by atoms with Gasteiger partial charge in [-0.15, -0.1) is 0 Å². The summed E-state index contributed by atoms with van der Waals surface area (Å²) in [6, 6.07) is 7.92. The Morgan fingerprint density at radius 3 is 2.45 bits per heavy atom. The molecule has 2 aromatic rings. The number of aryl methyl sites for hydroxylation is 1. The number of aliphatic carboxylic acids is 1. The summed E-state index contributed by atoms with van der Waals surface area (Å²) < 4.78 is 25.9. The first kappa shape index (κ1) is 16.3. The molecule has 7 heteroatoms. The van der Waals surface area contributed by atoms with Gasteiger partial charge in [-0.1, -0.05) is 17.7 Å². The van der Waals surface area contributed by atoms with E-state index in [1.807, 2.05) is 6.92 Å². The molecule has 118 valence electrons. The van der Waals surface area contributed by atoms with Crippen molar-refractivity contribution in [2.24, 2.45) is 0 Å². The molecular weight excluding hydrogens is 306 g/mol. The average molecular weight is 323 g/mol. The third kappa shape index (κ3) is 3.55. The molecule has 0 radical (unpaired) electrons. The van der Waals surface area contributed by atoms with Gasteiger partial charge >= 0.3 is 5.97 Å². The van der Waals surface area contributed by atoms with E-state index in [0.29, 0.717) is 5.56 Å². The molecule has 0 aliphatic heterocycles. The standard InChI is InChI=1S/C15H17NO5S/c1-11-2-4-13(5-3-11)22(20,21)16-9-8-12(10-16)14(17)6-7-15(18)19/h2-5,8-10,14,17H,6-7H2,1H3,(H,18,19). The molecule has 1 aromatic carbocycles. The van der Waals surface area contributed by atoms with E-state index in [2.05, 4.69) is 0 Å². The van der Waals surface area contributed by atoms with Crippen LogP contribution >= 0.6 is 0 Å². The zero-order valence-corrected chi connectivity index (χ0v) is 12.8. The molecule has 2 N–H and O–H groups in total. The van der Waals surface area contributed by atoms with Crippen LogP contribution in [0.5, 0.6) is 0 Å². The molecule has 22 heavy (non-hydrogen) atoms. The molecule has 0 aliphatic carbocycles. The number of hydrogen-bond acceptors (Lipinski definition) is 4. The van der Waals surface area contributed by atoms with Crippen molar-refractivity contribution in [2.75, 3.05) is 0 Å². The van der Waals surface area contributed by atoms with Crippen LogP contribution in [0.25, 0.3) is 0 Å². The molecule has 0 aliphatic rings. The Hall–Kier alpha value is -2.12. The minimum absolute atomic E-state index is 0.0317. The number of aliphatic hydroxyl groups is 1. The van der Waals surface area contributed by atoms with E-state index >= 15 is 0 Å². The molecule has 1 heterocycles. The summed E-state index contributed by atoms with van der Waals surface area (Å²) in [4.78, 5) is 10.7. The fraction of sp³-hybridized carbons (Fsp3) is 0.267. The van der Waals surface area contributed by atoms with Crippen LogP contribution in [0.2, 0.25) is 0 Å². The predicted molar refractivity (Wildman–Crippen MR) is 80.0 cm³/mol. The number of aromatic nitrogens is 1. The maximum absolute atomic E-state index is 12.4. The molecule has 1 unspecified atom stereocenters. The Bertz CT molecular complexity index is 761. The highest BCUT2D eigenvalue weighted by molar-refractivity contribution is 7.90. The van der Waals surface area contributed by atoms with Crippen LogP contribution in [-0.2, 0) is 14.8 Å². The highest BCUT2D eigenvalue weighted by Gasteiger charge is 2.18. The Balaban J connectivity index is 2.23. The van der Waals surface area contributed by atoms with Gasteiger partial charge in [-0.2, -0.15) is 0 Å². The van der Waals surface area contributed by atoms with E-state index in [1.165, 1.54) is 30.6 Å². The van der Waals surface area contributed by atoms with Crippen molar-refractivity contribution < 1.29 is 23.4 Å². The summed E-state index contributed by atoms with van der Waals surface area (Å²) in [5, 5.41) is 18.5. The number of carboxylic acid groups (broad SMARTS) is 1. The predicted octanol–water partition coefficient (Wildman–Crippen LogP) is 1.93. The minimum atomic E-state index is -3.71. The highest BCUT2D eigenvalue weighted by Crippen LogP contribution is 2.22. The molecule has 0 saturated heterocycles. The summed E-state index contributed by atoms with van der Waals surface area (Å²) in [5.41, 5.74) is 1.33. The number of aliphatic hydroxyl groups excluding tert-OH is 1. The molecule has 0 amide bonds. The number of nitrogens with zero attached hydrogens (tertiary/aromatic N) is 1.